The van der Waals surface area contributed by atoms with Gasteiger partial charge in [-0.25, -0.2) is 0 Å². The minimum absolute atomic E-state index is 0.844. The molecule has 2 heterocycles. The van der Waals surface area contributed by atoms with E-state index in [-0.39, 0.29) is 0 Å². The summed E-state index contributed by atoms with van der Waals surface area (Å²) in [7, 11) is 0. The second-order valence-corrected chi connectivity index (χ2v) is 12.5. The number of furan rings is 2. The van der Waals surface area contributed by atoms with Crippen LogP contribution in [0.1, 0.15) is 0 Å². The van der Waals surface area contributed by atoms with Crippen molar-refractivity contribution in [1.29, 1.82) is 0 Å². The molecule has 2 aromatic heterocycles. The van der Waals surface area contributed by atoms with E-state index >= 15 is 0 Å². The van der Waals surface area contributed by atoms with Gasteiger partial charge < -0.3 is 13.7 Å². The number of hydrogen-bond donors (Lipinski definition) is 0. The Balaban J connectivity index is 1.26. The van der Waals surface area contributed by atoms with Crippen molar-refractivity contribution in [3.63, 3.8) is 0 Å². The van der Waals surface area contributed by atoms with Crippen LogP contribution in [0.5, 0.6) is 0 Å². The number of rotatable bonds is 5. The number of fused-ring (bicyclic) bond motifs is 7. The predicted octanol–water partition coefficient (Wildman–Crippen LogP) is 13.4. The first-order valence-corrected chi connectivity index (χ1v) is 16.6. The average Bonchev–Trinajstić information content (AvgIpc) is 3.74. The minimum atomic E-state index is 0.844. The summed E-state index contributed by atoms with van der Waals surface area (Å²) in [6, 6.07) is 61.9. The minimum Gasteiger partial charge on any atom is -0.455 e. The maximum atomic E-state index is 6.68. The normalized spacial score (nSPS) is 11.7. The van der Waals surface area contributed by atoms with Gasteiger partial charge in [0.05, 0.1) is 11.4 Å². The fourth-order valence-electron chi connectivity index (χ4n) is 7.46. The largest absolute Gasteiger partial charge is 0.455 e. The van der Waals surface area contributed by atoms with Gasteiger partial charge in [-0.3, -0.25) is 0 Å². The molecule has 230 valence electrons. The van der Waals surface area contributed by atoms with Gasteiger partial charge in [0.15, 0.2) is 5.58 Å². The van der Waals surface area contributed by atoms with Gasteiger partial charge in [-0.1, -0.05) is 140 Å². The van der Waals surface area contributed by atoms with E-state index in [1.54, 1.807) is 0 Å². The molecule has 0 fully saturated rings. The number of hydrogen-bond acceptors (Lipinski definition) is 3. The van der Waals surface area contributed by atoms with Gasteiger partial charge in [-0.15, -0.1) is 0 Å². The van der Waals surface area contributed by atoms with Crippen molar-refractivity contribution in [2.45, 2.75) is 0 Å². The van der Waals surface area contributed by atoms with Gasteiger partial charge in [-0.2, -0.15) is 0 Å². The van der Waals surface area contributed by atoms with E-state index < -0.39 is 0 Å². The highest BCUT2D eigenvalue weighted by molar-refractivity contribution is 6.13. The van der Waals surface area contributed by atoms with Gasteiger partial charge in [0, 0.05) is 38.4 Å². The van der Waals surface area contributed by atoms with Crippen LogP contribution in [0.3, 0.4) is 0 Å². The van der Waals surface area contributed by atoms with Crippen LogP contribution >= 0.6 is 0 Å². The summed E-state index contributed by atoms with van der Waals surface area (Å²) in [4.78, 5) is 2.34. The highest BCUT2D eigenvalue weighted by atomic mass is 16.3. The molecule has 0 bridgehead atoms. The Labute approximate surface area is 282 Å². The number of para-hydroxylation sites is 5. The first kappa shape index (κ1) is 27.5. The van der Waals surface area contributed by atoms with Gasteiger partial charge in [0.2, 0.25) is 0 Å². The molecular formula is C46H29NO2. The van der Waals surface area contributed by atoms with Crippen LogP contribution in [0.25, 0.3) is 76.9 Å². The zero-order valence-corrected chi connectivity index (χ0v) is 26.5. The molecule has 0 unspecified atom stereocenters. The average molecular weight is 628 g/mol. The van der Waals surface area contributed by atoms with Crippen molar-refractivity contribution in [2.24, 2.45) is 0 Å². The Hall–Kier alpha value is -6.58. The van der Waals surface area contributed by atoms with Crippen LogP contribution in [-0.2, 0) is 0 Å². The zero-order chi connectivity index (χ0) is 32.3. The lowest BCUT2D eigenvalue weighted by atomic mass is 9.96. The van der Waals surface area contributed by atoms with Crippen LogP contribution in [-0.4, -0.2) is 0 Å². The molecule has 49 heavy (non-hydrogen) atoms. The second-order valence-electron chi connectivity index (χ2n) is 12.5. The number of nitrogens with zero attached hydrogens (tertiary/aromatic N) is 1. The molecule has 0 aliphatic rings. The third kappa shape index (κ3) is 4.37. The Morgan fingerprint density at radius 1 is 0.347 bits per heavy atom. The summed E-state index contributed by atoms with van der Waals surface area (Å²) in [5.41, 5.74) is 10.9. The Morgan fingerprint density at radius 3 is 1.71 bits per heavy atom. The zero-order valence-electron chi connectivity index (χ0n) is 26.5. The topological polar surface area (TPSA) is 29.5 Å². The van der Waals surface area contributed by atoms with Crippen LogP contribution in [0.15, 0.2) is 185 Å². The molecule has 0 N–H and O–H groups in total. The number of anilines is 3. The fraction of sp³-hybridized carbons (Fsp3) is 0. The number of benzene rings is 8. The molecule has 0 amide bonds. The lowest BCUT2D eigenvalue weighted by Gasteiger charge is -2.28. The van der Waals surface area contributed by atoms with E-state index in [4.69, 9.17) is 8.83 Å². The molecule has 8 aromatic carbocycles. The summed E-state index contributed by atoms with van der Waals surface area (Å²) in [5, 5.41) is 6.85. The lowest BCUT2D eigenvalue weighted by molar-refractivity contribution is 0.669. The van der Waals surface area contributed by atoms with Crippen LogP contribution < -0.4 is 4.90 Å². The maximum Gasteiger partial charge on any atom is 0.159 e. The summed E-state index contributed by atoms with van der Waals surface area (Å²) in [5.74, 6) is 0. The molecule has 0 saturated carbocycles. The molecule has 10 aromatic rings. The standard InChI is InChI=1S/C46H29NO2/c1-2-17-33-30(13-1)14-10-21-34(33)31-15-9-16-32(29-31)47(42-26-12-24-40-37-20-5-8-28-44(37)49-46(40)42)41-25-6-3-18-35(41)38-22-11-23-39-36-19-4-7-27-43(36)48-45(38)39/h1-29H. The molecule has 10 rings (SSSR count). The van der Waals surface area contributed by atoms with Crippen molar-refractivity contribution in [1.82, 2.24) is 0 Å². The molecule has 3 nitrogen and oxygen atoms in total. The van der Waals surface area contributed by atoms with Crippen molar-refractivity contribution in [3.05, 3.63) is 176 Å². The monoisotopic (exact) mass is 627 g/mol. The van der Waals surface area contributed by atoms with Crippen molar-refractivity contribution in [2.75, 3.05) is 4.90 Å². The van der Waals surface area contributed by atoms with E-state index in [9.17, 15) is 0 Å². The summed E-state index contributed by atoms with van der Waals surface area (Å²) < 4.78 is 13.3. The van der Waals surface area contributed by atoms with Crippen molar-refractivity contribution >= 4 is 71.7 Å². The molecule has 0 radical (unpaired) electrons. The highest BCUT2D eigenvalue weighted by Gasteiger charge is 2.24. The molecular weight excluding hydrogens is 599 g/mol. The van der Waals surface area contributed by atoms with Crippen LogP contribution in [0.2, 0.25) is 0 Å². The first-order chi connectivity index (χ1) is 24.3. The first-order valence-electron chi connectivity index (χ1n) is 16.6. The van der Waals surface area contributed by atoms with Gasteiger partial charge in [0.25, 0.3) is 0 Å². The predicted molar refractivity (Wildman–Crippen MR) is 204 cm³/mol. The van der Waals surface area contributed by atoms with E-state index in [0.29, 0.717) is 0 Å². The Bertz CT molecular complexity index is 2850. The van der Waals surface area contributed by atoms with Crippen LogP contribution in [0, 0.1) is 0 Å². The molecule has 3 heteroatoms. The second kappa shape index (κ2) is 11.0. The van der Waals surface area contributed by atoms with E-state index in [2.05, 4.69) is 157 Å². The van der Waals surface area contributed by atoms with E-state index in [0.717, 1.165) is 77.6 Å². The van der Waals surface area contributed by atoms with Gasteiger partial charge in [0.1, 0.15) is 16.7 Å². The van der Waals surface area contributed by atoms with Gasteiger partial charge >= 0.3 is 0 Å². The third-order valence-electron chi connectivity index (χ3n) is 9.67. The van der Waals surface area contributed by atoms with Crippen molar-refractivity contribution in [3.8, 4) is 22.3 Å². The highest BCUT2D eigenvalue weighted by Crippen LogP contribution is 2.47. The molecule has 0 spiro atoms. The summed E-state index contributed by atoms with van der Waals surface area (Å²) in [6.45, 7) is 0. The molecule has 0 aliphatic carbocycles. The van der Waals surface area contributed by atoms with E-state index in [1.807, 2.05) is 24.3 Å². The Kier molecular flexibility index (Phi) is 6.18. The van der Waals surface area contributed by atoms with Crippen LogP contribution in [0.4, 0.5) is 17.1 Å². The van der Waals surface area contributed by atoms with Crippen molar-refractivity contribution < 1.29 is 8.83 Å². The molecule has 0 aliphatic heterocycles. The maximum absolute atomic E-state index is 6.68. The SMILES string of the molecule is c1cc(-c2cccc3ccccc23)cc(N(c2ccccc2-c2cccc3c2oc2ccccc23)c2cccc3c2oc2ccccc23)c1. The lowest BCUT2D eigenvalue weighted by Crippen LogP contribution is -2.11. The quantitative estimate of drug-likeness (QED) is 0.190. The van der Waals surface area contributed by atoms with E-state index in [1.165, 1.54) is 16.3 Å². The van der Waals surface area contributed by atoms with Gasteiger partial charge in [-0.05, 0) is 58.3 Å². The summed E-state index contributed by atoms with van der Waals surface area (Å²) >= 11 is 0. The Morgan fingerprint density at radius 2 is 0.878 bits per heavy atom. The molecule has 0 saturated heterocycles. The summed E-state index contributed by atoms with van der Waals surface area (Å²) in [6.07, 6.45) is 0. The molecule has 0 atom stereocenters. The fourth-order valence-corrected chi connectivity index (χ4v) is 7.46. The smallest absolute Gasteiger partial charge is 0.159 e. The third-order valence-corrected chi connectivity index (χ3v) is 9.67.